The molecule has 0 heterocycles. The van der Waals surface area contributed by atoms with Crippen LogP contribution in [0.2, 0.25) is 0 Å². The Hall–Kier alpha value is -2.37. The Bertz CT molecular complexity index is 834. The van der Waals surface area contributed by atoms with Crippen molar-refractivity contribution in [3.05, 3.63) is 36.5 Å². The van der Waals surface area contributed by atoms with Crippen molar-refractivity contribution in [1.29, 1.82) is 0 Å². The highest BCUT2D eigenvalue weighted by Crippen LogP contribution is 2.15. The van der Waals surface area contributed by atoms with Gasteiger partial charge >= 0.3 is 11.9 Å². The molecule has 0 aromatic heterocycles. The number of hydrogen-bond donors (Lipinski definition) is 2. The molecule has 0 spiro atoms. The predicted molar refractivity (Wildman–Crippen MR) is 203 cm³/mol. The molecule has 48 heavy (non-hydrogen) atoms. The molecule has 278 valence electrons. The summed E-state index contributed by atoms with van der Waals surface area (Å²) in [6.45, 7) is 4.18. The maximum atomic E-state index is 12.7. The van der Waals surface area contributed by atoms with Crippen LogP contribution in [0.1, 0.15) is 200 Å². The van der Waals surface area contributed by atoms with E-state index in [1.807, 2.05) is 0 Å². The lowest BCUT2D eigenvalue weighted by atomic mass is 10.1. The number of aliphatic carboxylic acids is 1. The van der Waals surface area contributed by atoms with Crippen LogP contribution in [0.5, 0.6) is 0 Å². The maximum Gasteiger partial charge on any atom is 0.322 e. The van der Waals surface area contributed by atoms with Crippen molar-refractivity contribution in [3.8, 4) is 0 Å². The van der Waals surface area contributed by atoms with Gasteiger partial charge in [0.2, 0.25) is 5.91 Å². The molecule has 1 amide bonds. The summed E-state index contributed by atoms with van der Waals surface area (Å²) in [7, 11) is 0. The van der Waals surface area contributed by atoms with Crippen molar-refractivity contribution in [2.24, 2.45) is 0 Å². The van der Waals surface area contributed by atoms with Gasteiger partial charge < -0.3 is 15.2 Å². The predicted octanol–water partition coefficient (Wildman–Crippen LogP) is 12.1. The van der Waals surface area contributed by atoms with Crippen LogP contribution in [0.3, 0.4) is 0 Å². The third kappa shape index (κ3) is 36.5. The Morgan fingerprint density at radius 3 is 1.60 bits per heavy atom. The molecule has 0 rings (SSSR count). The first-order valence-corrected chi connectivity index (χ1v) is 20.1. The van der Waals surface area contributed by atoms with Gasteiger partial charge in [-0.05, 0) is 76.7 Å². The van der Waals surface area contributed by atoms with Crippen LogP contribution in [0.25, 0.3) is 0 Å². The zero-order chi connectivity index (χ0) is 35.2. The molecule has 0 bridgehead atoms. The smallest absolute Gasteiger partial charge is 0.322 e. The number of esters is 1. The van der Waals surface area contributed by atoms with Gasteiger partial charge in [0, 0.05) is 12.8 Å². The number of hydrogen-bond acceptors (Lipinski definition) is 4. The van der Waals surface area contributed by atoms with Crippen molar-refractivity contribution in [1.82, 2.24) is 5.32 Å². The van der Waals surface area contributed by atoms with Crippen molar-refractivity contribution in [3.63, 3.8) is 0 Å². The third-order valence-electron chi connectivity index (χ3n) is 8.77. The van der Waals surface area contributed by atoms with Crippen LogP contribution in [-0.2, 0) is 19.1 Å². The molecule has 1 unspecified atom stereocenters. The largest absolute Gasteiger partial charge is 0.480 e. The molecule has 6 nitrogen and oxygen atoms in total. The van der Waals surface area contributed by atoms with E-state index in [0.29, 0.717) is 12.8 Å². The van der Waals surface area contributed by atoms with E-state index in [9.17, 15) is 14.4 Å². The van der Waals surface area contributed by atoms with Crippen LogP contribution in [0, 0.1) is 0 Å². The van der Waals surface area contributed by atoms with E-state index < -0.39 is 5.97 Å². The summed E-state index contributed by atoms with van der Waals surface area (Å²) >= 11 is 0. The van der Waals surface area contributed by atoms with Gasteiger partial charge in [-0.15, -0.1) is 0 Å². The van der Waals surface area contributed by atoms with Crippen molar-refractivity contribution < 1.29 is 24.2 Å². The second-order valence-corrected chi connectivity index (χ2v) is 13.5. The number of amides is 1. The summed E-state index contributed by atoms with van der Waals surface area (Å²) in [6.07, 6.45) is 45.7. The minimum Gasteiger partial charge on any atom is -0.480 e. The third-order valence-corrected chi connectivity index (χ3v) is 8.77. The molecule has 0 aromatic carbocycles. The number of carbonyl (C=O) groups is 3. The first kappa shape index (κ1) is 45.6. The maximum absolute atomic E-state index is 12.7. The SMILES string of the molecule is CCCCC/C=C\C/C=C\C(CCCCCCCCC(=O)NCC(=O)O)OC(=O)CCCCCCCCC/C=C\CCCCCCCC. The Kier molecular flexibility index (Phi) is 35.6. The van der Waals surface area contributed by atoms with E-state index in [0.717, 1.165) is 70.6 Å². The fourth-order valence-electron chi connectivity index (χ4n) is 5.75. The second kappa shape index (κ2) is 37.4. The fraction of sp³-hybridized carbons (Fsp3) is 0.786. The average Bonchev–Trinajstić information content (AvgIpc) is 3.07. The molecule has 6 heteroatoms. The number of unbranched alkanes of at least 4 members (excludes halogenated alkanes) is 21. The number of rotatable bonds is 36. The topological polar surface area (TPSA) is 92.7 Å². The molecular weight excluding hydrogens is 598 g/mol. The lowest BCUT2D eigenvalue weighted by Crippen LogP contribution is -2.28. The number of carboxylic acid groups (broad SMARTS) is 1. The highest BCUT2D eigenvalue weighted by Gasteiger charge is 2.11. The Labute approximate surface area is 296 Å². The zero-order valence-corrected chi connectivity index (χ0v) is 31.3. The molecule has 0 aliphatic heterocycles. The molecule has 0 aromatic rings. The number of ether oxygens (including phenoxy) is 1. The van der Waals surface area contributed by atoms with Gasteiger partial charge in [-0.3, -0.25) is 14.4 Å². The number of nitrogens with one attached hydrogen (secondary N) is 1. The van der Waals surface area contributed by atoms with Crippen molar-refractivity contribution in [2.75, 3.05) is 6.54 Å². The molecule has 0 aliphatic carbocycles. The van der Waals surface area contributed by atoms with E-state index in [4.69, 9.17) is 9.84 Å². The monoisotopic (exact) mass is 674 g/mol. The number of allylic oxidation sites excluding steroid dienone is 5. The minimum absolute atomic E-state index is 0.0753. The standard InChI is InChI=1S/C42H75NO5/c1-3-5-7-9-11-13-14-15-16-17-18-19-20-21-23-29-33-37-42(47)48-39(34-30-26-22-12-10-8-6-4-2)35-31-27-24-25-28-32-36-40(44)43-38-41(45)46/h12,15-16,22,30,34,39H,3-11,13-14,17-21,23-29,31-33,35-38H2,1-2H3,(H,43,44)(H,45,46)/b16-15-,22-12-,34-30-. The molecule has 0 aliphatic rings. The Morgan fingerprint density at radius 2 is 1.02 bits per heavy atom. The number of carbonyl (C=O) groups excluding carboxylic acids is 2. The summed E-state index contributed by atoms with van der Waals surface area (Å²) in [4.78, 5) is 34.8. The molecule has 0 saturated heterocycles. The van der Waals surface area contributed by atoms with Gasteiger partial charge in [0.25, 0.3) is 0 Å². The molecule has 2 N–H and O–H groups in total. The first-order valence-electron chi connectivity index (χ1n) is 20.1. The first-order chi connectivity index (χ1) is 23.5. The lowest BCUT2D eigenvalue weighted by molar-refractivity contribution is -0.147. The van der Waals surface area contributed by atoms with E-state index in [1.54, 1.807) is 0 Å². The summed E-state index contributed by atoms with van der Waals surface area (Å²) < 4.78 is 5.91. The van der Waals surface area contributed by atoms with E-state index in [1.165, 1.54) is 103 Å². The van der Waals surface area contributed by atoms with Gasteiger partial charge in [-0.25, -0.2) is 0 Å². The summed E-state index contributed by atoms with van der Waals surface area (Å²) in [5.41, 5.74) is 0. The van der Waals surface area contributed by atoms with E-state index in [2.05, 4.69) is 55.6 Å². The van der Waals surface area contributed by atoms with Crippen LogP contribution in [-0.4, -0.2) is 35.6 Å². The van der Waals surface area contributed by atoms with Crippen LogP contribution >= 0.6 is 0 Å². The normalized spacial score (nSPS) is 12.4. The molecule has 1 atom stereocenters. The molecule has 0 fully saturated rings. The highest BCUT2D eigenvalue weighted by atomic mass is 16.5. The molecule has 0 radical (unpaired) electrons. The van der Waals surface area contributed by atoms with E-state index >= 15 is 0 Å². The summed E-state index contributed by atoms with van der Waals surface area (Å²) in [5, 5.41) is 11.0. The van der Waals surface area contributed by atoms with Crippen LogP contribution < -0.4 is 5.32 Å². The molecular formula is C42H75NO5. The van der Waals surface area contributed by atoms with Gasteiger partial charge in [0.15, 0.2) is 0 Å². The summed E-state index contributed by atoms with van der Waals surface area (Å²) in [5.74, 6) is -1.29. The molecule has 0 saturated carbocycles. The Balaban J connectivity index is 4.12. The van der Waals surface area contributed by atoms with E-state index in [-0.39, 0.29) is 24.5 Å². The van der Waals surface area contributed by atoms with Crippen LogP contribution in [0.4, 0.5) is 0 Å². The second-order valence-electron chi connectivity index (χ2n) is 13.5. The van der Waals surface area contributed by atoms with Crippen molar-refractivity contribution in [2.45, 2.75) is 206 Å². The highest BCUT2D eigenvalue weighted by molar-refractivity contribution is 5.80. The minimum atomic E-state index is -1.02. The lowest BCUT2D eigenvalue weighted by Gasteiger charge is -2.14. The van der Waals surface area contributed by atoms with Gasteiger partial charge in [0.05, 0.1) is 0 Å². The van der Waals surface area contributed by atoms with Crippen LogP contribution in [0.15, 0.2) is 36.5 Å². The van der Waals surface area contributed by atoms with Crippen molar-refractivity contribution >= 4 is 17.8 Å². The number of carboxylic acids is 1. The quantitative estimate of drug-likeness (QED) is 0.0392. The van der Waals surface area contributed by atoms with Gasteiger partial charge in [-0.1, -0.05) is 147 Å². The average molecular weight is 674 g/mol. The van der Waals surface area contributed by atoms with Gasteiger partial charge in [-0.2, -0.15) is 0 Å². The fourth-order valence-corrected chi connectivity index (χ4v) is 5.75. The Morgan fingerprint density at radius 1 is 0.562 bits per heavy atom. The van der Waals surface area contributed by atoms with Gasteiger partial charge in [0.1, 0.15) is 12.6 Å². The summed E-state index contributed by atoms with van der Waals surface area (Å²) in [6, 6.07) is 0. The zero-order valence-electron chi connectivity index (χ0n) is 31.3.